The van der Waals surface area contributed by atoms with E-state index in [4.69, 9.17) is 4.74 Å². The predicted molar refractivity (Wildman–Crippen MR) is 96.3 cm³/mol. The summed E-state index contributed by atoms with van der Waals surface area (Å²) in [6, 6.07) is 6.94. The number of hydrogen-bond acceptors (Lipinski definition) is 5. The van der Waals surface area contributed by atoms with Crippen LogP contribution in [0.5, 0.6) is 5.75 Å². The normalized spacial score (nSPS) is 23.4. The van der Waals surface area contributed by atoms with Crippen molar-refractivity contribution in [2.24, 2.45) is 5.41 Å². The molecule has 26 heavy (non-hydrogen) atoms. The summed E-state index contributed by atoms with van der Waals surface area (Å²) in [5, 5.41) is -0.454. The van der Waals surface area contributed by atoms with Crippen LogP contribution in [-0.2, 0) is 14.8 Å². The quantitative estimate of drug-likeness (QED) is 0.837. The predicted octanol–water partition coefficient (Wildman–Crippen LogP) is 1.55. The van der Waals surface area contributed by atoms with E-state index in [2.05, 4.69) is 4.72 Å². The van der Waals surface area contributed by atoms with Crippen molar-refractivity contribution in [1.82, 2.24) is 9.62 Å². The molecule has 3 rings (SSSR count). The summed E-state index contributed by atoms with van der Waals surface area (Å²) in [7, 11) is -2.09. The Balaban J connectivity index is 1.75. The van der Waals surface area contributed by atoms with E-state index in [9.17, 15) is 18.0 Å². The fourth-order valence-corrected chi connectivity index (χ4v) is 4.73. The van der Waals surface area contributed by atoms with Crippen LogP contribution in [-0.4, -0.2) is 50.6 Å². The largest absolute Gasteiger partial charge is 0.496 e. The lowest BCUT2D eigenvalue weighted by Crippen LogP contribution is -2.53. The molecular formula is C18H24N2O5S. The van der Waals surface area contributed by atoms with Gasteiger partial charge in [-0.25, -0.2) is 8.42 Å². The molecule has 1 unspecified atom stereocenters. The first-order valence-corrected chi connectivity index (χ1v) is 10.3. The Hall–Kier alpha value is -2.09. The van der Waals surface area contributed by atoms with Gasteiger partial charge in [0.2, 0.25) is 15.9 Å². The van der Waals surface area contributed by atoms with Gasteiger partial charge in [-0.1, -0.05) is 12.1 Å². The molecule has 2 fully saturated rings. The van der Waals surface area contributed by atoms with Crippen molar-refractivity contribution >= 4 is 21.8 Å². The van der Waals surface area contributed by atoms with Crippen molar-refractivity contribution in [3.8, 4) is 5.75 Å². The van der Waals surface area contributed by atoms with Crippen molar-refractivity contribution in [2.75, 3.05) is 20.2 Å². The molecule has 7 nitrogen and oxygen atoms in total. The van der Waals surface area contributed by atoms with Crippen LogP contribution in [0.2, 0.25) is 0 Å². The van der Waals surface area contributed by atoms with Crippen molar-refractivity contribution in [3.63, 3.8) is 0 Å². The summed E-state index contributed by atoms with van der Waals surface area (Å²) in [6.07, 6.45) is 2.36. The van der Waals surface area contributed by atoms with Crippen LogP contribution >= 0.6 is 0 Å². The molecule has 142 valence electrons. The molecule has 1 atom stereocenters. The highest BCUT2D eigenvalue weighted by molar-refractivity contribution is 7.90. The molecule has 1 aliphatic heterocycles. The molecular weight excluding hydrogens is 356 g/mol. The number of sulfonamides is 1. The average Bonchev–Trinajstić information content (AvgIpc) is 3.46. The minimum absolute atomic E-state index is 0.176. The van der Waals surface area contributed by atoms with Crippen LogP contribution in [0.4, 0.5) is 0 Å². The first-order valence-electron chi connectivity index (χ1n) is 8.75. The first kappa shape index (κ1) is 18.7. The van der Waals surface area contributed by atoms with Gasteiger partial charge in [-0.05, 0) is 44.7 Å². The minimum Gasteiger partial charge on any atom is -0.496 e. The molecule has 1 saturated heterocycles. The minimum atomic E-state index is -3.60. The number of rotatable bonds is 5. The molecule has 1 aromatic carbocycles. The standard InChI is InChI=1S/C18H24N2O5S/c1-18(17(22)19-26(23,24)13-8-9-13)10-5-11-20(12-18)16(21)14-6-3-4-7-15(14)25-2/h3-4,6-7,13H,5,8-12H2,1-2H3,(H,19,22). The molecule has 8 heteroatoms. The maximum atomic E-state index is 12.9. The van der Waals surface area contributed by atoms with Gasteiger partial charge in [-0.3, -0.25) is 14.3 Å². The Bertz CT molecular complexity index is 819. The Labute approximate surface area is 153 Å². The number of benzene rings is 1. The smallest absolute Gasteiger partial charge is 0.257 e. The number of amides is 2. The number of para-hydroxylation sites is 1. The Morgan fingerprint density at radius 1 is 1.27 bits per heavy atom. The first-order chi connectivity index (χ1) is 12.3. The zero-order valence-corrected chi connectivity index (χ0v) is 15.8. The van der Waals surface area contributed by atoms with E-state index in [1.54, 1.807) is 36.1 Å². The topological polar surface area (TPSA) is 92.8 Å². The van der Waals surface area contributed by atoms with Gasteiger partial charge in [0.15, 0.2) is 0 Å². The number of hydrogen-bond donors (Lipinski definition) is 1. The van der Waals surface area contributed by atoms with Crippen LogP contribution in [0.3, 0.4) is 0 Å². The Morgan fingerprint density at radius 3 is 2.62 bits per heavy atom. The monoisotopic (exact) mass is 380 g/mol. The molecule has 1 N–H and O–H groups in total. The van der Waals surface area contributed by atoms with Gasteiger partial charge in [0.05, 0.1) is 23.3 Å². The van der Waals surface area contributed by atoms with E-state index >= 15 is 0 Å². The van der Waals surface area contributed by atoms with Crippen LogP contribution in [0.25, 0.3) is 0 Å². The number of nitrogens with zero attached hydrogens (tertiary/aromatic N) is 1. The number of carbonyl (C=O) groups is 2. The number of methoxy groups -OCH3 is 1. The third-order valence-corrected chi connectivity index (χ3v) is 6.89. The molecule has 0 spiro atoms. The third kappa shape index (κ3) is 3.70. The molecule has 1 heterocycles. The average molecular weight is 380 g/mol. The molecule has 1 aromatic rings. The number of ether oxygens (including phenoxy) is 1. The second-order valence-corrected chi connectivity index (χ2v) is 9.23. The van der Waals surface area contributed by atoms with Gasteiger partial charge < -0.3 is 9.64 Å². The summed E-state index contributed by atoms with van der Waals surface area (Å²) in [6.45, 7) is 2.41. The Morgan fingerprint density at radius 2 is 1.96 bits per heavy atom. The highest BCUT2D eigenvalue weighted by Crippen LogP contribution is 2.33. The fraction of sp³-hybridized carbons (Fsp3) is 0.556. The summed E-state index contributed by atoms with van der Waals surface area (Å²) < 4.78 is 31.6. The highest BCUT2D eigenvalue weighted by atomic mass is 32.2. The molecule has 2 aliphatic rings. The zero-order chi connectivity index (χ0) is 18.9. The van der Waals surface area contributed by atoms with Gasteiger partial charge in [0, 0.05) is 13.1 Å². The maximum absolute atomic E-state index is 12.9. The van der Waals surface area contributed by atoms with Crippen LogP contribution in [0.1, 0.15) is 43.0 Å². The molecule has 0 bridgehead atoms. The number of piperidine rings is 1. The molecule has 0 aromatic heterocycles. The van der Waals surface area contributed by atoms with Crippen LogP contribution < -0.4 is 9.46 Å². The molecule has 2 amide bonds. The van der Waals surface area contributed by atoms with E-state index in [0.717, 1.165) is 0 Å². The third-order valence-electron chi connectivity index (χ3n) is 5.07. The van der Waals surface area contributed by atoms with Crippen molar-refractivity contribution in [2.45, 2.75) is 37.9 Å². The molecule has 1 saturated carbocycles. The van der Waals surface area contributed by atoms with Gasteiger partial charge >= 0.3 is 0 Å². The SMILES string of the molecule is COc1ccccc1C(=O)N1CCCC(C)(C(=O)NS(=O)(=O)C2CC2)C1. The molecule has 0 radical (unpaired) electrons. The van der Waals surface area contributed by atoms with E-state index in [-0.39, 0.29) is 12.5 Å². The second kappa shape index (κ2) is 6.90. The van der Waals surface area contributed by atoms with E-state index < -0.39 is 26.6 Å². The van der Waals surface area contributed by atoms with Gasteiger partial charge in [0.25, 0.3) is 5.91 Å². The lowest BCUT2D eigenvalue weighted by atomic mass is 9.81. The number of likely N-dealkylation sites (tertiary alicyclic amines) is 1. The van der Waals surface area contributed by atoms with Crippen molar-refractivity contribution in [3.05, 3.63) is 29.8 Å². The van der Waals surface area contributed by atoms with Gasteiger partial charge in [-0.2, -0.15) is 0 Å². The number of carbonyl (C=O) groups excluding carboxylic acids is 2. The van der Waals surface area contributed by atoms with Crippen LogP contribution in [0, 0.1) is 5.41 Å². The van der Waals surface area contributed by atoms with Crippen molar-refractivity contribution in [1.29, 1.82) is 0 Å². The summed E-state index contributed by atoms with van der Waals surface area (Å²) in [5.74, 6) is -0.265. The Kier molecular flexibility index (Phi) is 4.96. The number of nitrogens with one attached hydrogen (secondary N) is 1. The highest BCUT2D eigenvalue weighted by Gasteiger charge is 2.44. The van der Waals surface area contributed by atoms with Crippen molar-refractivity contribution < 1.29 is 22.7 Å². The van der Waals surface area contributed by atoms with Crippen LogP contribution in [0.15, 0.2) is 24.3 Å². The fourth-order valence-electron chi connectivity index (χ4n) is 3.30. The summed E-state index contributed by atoms with van der Waals surface area (Å²) in [4.78, 5) is 27.1. The summed E-state index contributed by atoms with van der Waals surface area (Å²) >= 11 is 0. The molecule has 1 aliphatic carbocycles. The lowest BCUT2D eigenvalue weighted by molar-refractivity contribution is -0.130. The maximum Gasteiger partial charge on any atom is 0.257 e. The van der Waals surface area contributed by atoms with Gasteiger partial charge in [0.1, 0.15) is 5.75 Å². The zero-order valence-electron chi connectivity index (χ0n) is 15.0. The van der Waals surface area contributed by atoms with E-state index in [1.165, 1.54) is 7.11 Å². The summed E-state index contributed by atoms with van der Waals surface area (Å²) in [5.41, 5.74) is -0.497. The van der Waals surface area contributed by atoms with E-state index in [0.29, 0.717) is 43.5 Å². The lowest BCUT2D eigenvalue weighted by Gasteiger charge is -2.39. The van der Waals surface area contributed by atoms with Gasteiger partial charge in [-0.15, -0.1) is 0 Å². The second-order valence-electron chi connectivity index (χ2n) is 7.27. The van der Waals surface area contributed by atoms with E-state index in [1.807, 2.05) is 0 Å².